The van der Waals surface area contributed by atoms with Gasteiger partial charge in [-0.15, -0.1) is 0 Å². The standard InChI is InChI=1S/C23H23FN4O2/c1-27-12-4-10-20(27)21-11-5-13-28(21)23(30)26-18-8-2-6-16(14-18)22(29)25-19-9-3-7-17(24)15-19/h2-4,6-10,12,14-15,21H,5,11,13H2,1H3,(H,25,29)(H,26,30). The van der Waals surface area contributed by atoms with E-state index in [0.717, 1.165) is 18.5 Å². The Morgan fingerprint density at radius 2 is 1.77 bits per heavy atom. The molecule has 1 aliphatic heterocycles. The molecule has 0 radical (unpaired) electrons. The molecule has 1 atom stereocenters. The number of aryl methyl sites for hydroxylation is 1. The zero-order chi connectivity index (χ0) is 21.1. The number of halogens is 1. The van der Waals surface area contributed by atoms with Crippen LogP contribution in [0, 0.1) is 5.82 Å². The van der Waals surface area contributed by atoms with Crippen LogP contribution in [-0.4, -0.2) is 28.0 Å². The van der Waals surface area contributed by atoms with Crippen molar-refractivity contribution in [3.63, 3.8) is 0 Å². The number of aromatic nitrogens is 1. The Hall–Kier alpha value is -3.61. The van der Waals surface area contributed by atoms with E-state index in [2.05, 4.69) is 10.6 Å². The van der Waals surface area contributed by atoms with Crippen LogP contribution in [0.1, 0.15) is 34.9 Å². The number of amides is 3. The van der Waals surface area contributed by atoms with Crippen molar-refractivity contribution < 1.29 is 14.0 Å². The molecule has 0 spiro atoms. The molecular weight excluding hydrogens is 383 g/mol. The lowest BCUT2D eigenvalue weighted by Gasteiger charge is -2.25. The van der Waals surface area contributed by atoms with Crippen molar-refractivity contribution >= 4 is 23.3 Å². The molecule has 30 heavy (non-hydrogen) atoms. The lowest BCUT2D eigenvalue weighted by atomic mass is 10.1. The zero-order valence-corrected chi connectivity index (χ0v) is 16.6. The molecule has 3 amide bonds. The predicted octanol–water partition coefficient (Wildman–Crippen LogP) is 4.79. The van der Waals surface area contributed by atoms with Gasteiger partial charge in [-0.05, 0) is 61.4 Å². The van der Waals surface area contributed by atoms with Crippen LogP contribution in [-0.2, 0) is 7.05 Å². The average molecular weight is 406 g/mol. The minimum absolute atomic E-state index is 0.0319. The maximum atomic E-state index is 13.3. The molecule has 2 N–H and O–H groups in total. The van der Waals surface area contributed by atoms with Crippen molar-refractivity contribution in [1.29, 1.82) is 0 Å². The summed E-state index contributed by atoms with van der Waals surface area (Å²) in [7, 11) is 1.98. The Morgan fingerprint density at radius 3 is 2.50 bits per heavy atom. The summed E-state index contributed by atoms with van der Waals surface area (Å²) < 4.78 is 15.4. The second-order valence-electron chi connectivity index (χ2n) is 7.37. The first-order valence-electron chi connectivity index (χ1n) is 9.87. The van der Waals surface area contributed by atoms with Crippen molar-refractivity contribution in [3.05, 3.63) is 83.9 Å². The van der Waals surface area contributed by atoms with Crippen LogP contribution in [0.5, 0.6) is 0 Å². The number of nitrogens with one attached hydrogen (secondary N) is 2. The summed E-state index contributed by atoms with van der Waals surface area (Å²) in [6.07, 6.45) is 3.84. The van der Waals surface area contributed by atoms with Gasteiger partial charge in [0.15, 0.2) is 0 Å². The second kappa shape index (κ2) is 8.41. The summed E-state index contributed by atoms with van der Waals surface area (Å²) in [5.74, 6) is -0.799. The number of hydrogen-bond donors (Lipinski definition) is 2. The fraction of sp³-hybridized carbons (Fsp3) is 0.217. The van der Waals surface area contributed by atoms with Gasteiger partial charge in [-0.1, -0.05) is 12.1 Å². The van der Waals surface area contributed by atoms with E-state index in [1.54, 1.807) is 30.3 Å². The third-order valence-electron chi connectivity index (χ3n) is 5.30. The number of carbonyl (C=O) groups is 2. The topological polar surface area (TPSA) is 66.4 Å². The smallest absolute Gasteiger partial charge is 0.322 e. The van der Waals surface area contributed by atoms with Gasteiger partial charge in [0.05, 0.1) is 6.04 Å². The van der Waals surface area contributed by atoms with Gasteiger partial charge in [0, 0.05) is 42.4 Å². The summed E-state index contributed by atoms with van der Waals surface area (Å²) in [6, 6.07) is 16.3. The van der Waals surface area contributed by atoms with Gasteiger partial charge in [-0.2, -0.15) is 0 Å². The van der Waals surface area contributed by atoms with Crippen LogP contribution in [0.2, 0.25) is 0 Å². The molecule has 2 heterocycles. The molecule has 2 aromatic carbocycles. The van der Waals surface area contributed by atoms with Crippen LogP contribution in [0.25, 0.3) is 0 Å². The summed E-state index contributed by atoms with van der Waals surface area (Å²) in [6.45, 7) is 0.682. The van der Waals surface area contributed by atoms with Gasteiger partial charge in [-0.25, -0.2) is 9.18 Å². The minimum atomic E-state index is -0.424. The quantitative estimate of drug-likeness (QED) is 0.655. The number of hydrogen-bond acceptors (Lipinski definition) is 2. The summed E-state index contributed by atoms with van der Waals surface area (Å²) in [5, 5.41) is 5.56. The number of urea groups is 1. The average Bonchev–Trinajstić information content (AvgIpc) is 3.36. The Bertz CT molecular complexity index is 1080. The Balaban J connectivity index is 1.45. The van der Waals surface area contributed by atoms with E-state index in [4.69, 9.17) is 0 Å². The monoisotopic (exact) mass is 406 g/mol. The number of benzene rings is 2. The first-order valence-corrected chi connectivity index (χ1v) is 9.87. The van der Waals surface area contributed by atoms with E-state index in [-0.39, 0.29) is 18.0 Å². The van der Waals surface area contributed by atoms with Crippen LogP contribution in [0.3, 0.4) is 0 Å². The maximum Gasteiger partial charge on any atom is 0.322 e. The van der Waals surface area contributed by atoms with Crippen molar-refractivity contribution in [2.75, 3.05) is 17.2 Å². The van der Waals surface area contributed by atoms with Gasteiger partial charge in [0.2, 0.25) is 0 Å². The maximum absolute atomic E-state index is 13.3. The molecule has 154 valence electrons. The Labute approximate surface area is 174 Å². The first-order chi connectivity index (χ1) is 14.5. The summed E-state index contributed by atoms with van der Waals surface area (Å²) in [5.41, 5.74) is 2.38. The highest BCUT2D eigenvalue weighted by Crippen LogP contribution is 2.32. The number of carbonyl (C=O) groups excluding carboxylic acids is 2. The molecule has 3 aromatic rings. The van der Waals surface area contributed by atoms with E-state index in [1.165, 1.54) is 18.2 Å². The summed E-state index contributed by atoms with van der Waals surface area (Å²) in [4.78, 5) is 27.2. The highest BCUT2D eigenvalue weighted by Gasteiger charge is 2.31. The third kappa shape index (κ3) is 4.20. The van der Waals surface area contributed by atoms with E-state index >= 15 is 0 Å². The molecule has 1 unspecified atom stereocenters. The van der Waals surface area contributed by atoms with E-state index in [9.17, 15) is 14.0 Å². The van der Waals surface area contributed by atoms with Gasteiger partial charge < -0.3 is 20.1 Å². The molecule has 4 rings (SSSR count). The van der Waals surface area contributed by atoms with Crippen LogP contribution in [0.15, 0.2) is 66.9 Å². The van der Waals surface area contributed by atoms with Crippen molar-refractivity contribution in [2.24, 2.45) is 7.05 Å². The van der Waals surface area contributed by atoms with Gasteiger partial charge in [-0.3, -0.25) is 4.79 Å². The number of nitrogens with zero attached hydrogens (tertiary/aromatic N) is 2. The molecule has 1 aromatic heterocycles. The van der Waals surface area contributed by atoms with E-state index in [1.807, 2.05) is 34.8 Å². The van der Waals surface area contributed by atoms with E-state index in [0.29, 0.717) is 23.5 Å². The second-order valence-corrected chi connectivity index (χ2v) is 7.37. The fourth-order valence-corrected chi connectivity index (χ4v) is 3.84. The molecule has 0 aliphatic carbocycles. The van der Waals surface area contributed by atoms with Gasteiger partial charge in [0.1, 0.15) is 5.82 Å². The van der Waals surface area contributed by atoms with Crippen LogP contribution >= 0.6 is 0 Å². The molecule has 6 nitrogen and oxygen atoms in total. The lowest BCUT2D eigenvalue weighted by Crippen LogP contribution is -2.35. The van der Waals surface area contributed by atoms with Crippen LogP contribution < -0.4 is 10.6 Å². The van der Waals surface area contributed by atoms with Crippen molar-refractivity contribution in [1.82, 2.24) is 9.47 Å². The number of likely N-dealkylation sites (tertiary alicyclic amines) is 1. The van der Waals surface area contributed by atoms with Crippen LogP contribution in [0.4, 0.5) is 20.6 Å². The molecular formula is C23H23FN4O2. The fourth-order valence-electron chi connectivity index (χ4n) is 3.84. The third-order valence-corrected chi connectivity index (χ3v) is 5.30. The van der Waals surface area contributed by atoms with Crippen molar-refractivity contribution in [3.8, 4) is 0 Å². The van der Waals surface area contributed by atoms with Crippen molar-refractivity contribution in [2.45, 2.75) is 18.9 Å². The zero-order valence-electron chi connectivity index (χ0n) is 16.6. The normalized spacial score (nSPS) is 15.8. The highest BCUT2D eigenvalue weighted by molar-refractivity contribution is 6.05. The molecule has 1 aliphatic rings. The number of rotatable bonds is 4. The minimum Gasteiger partial charge on any atom is -0.353 e. The first kappa shape index (κ1) is 19.7. The predicted molar refractivity (Wildman–Crippen MR) is 114 cm³/mol. The molecule has 0 saturated carbocycles. The lowest BCUT2D eigenvalue weighted by molar-refractivity contribution is 0.102. The molecule has 0 bridgehead atoms. The number of anilines is 2. The van der Waals surface area contributed by atoms with Gasteiger partial charge >= 0.3 is 6.03 Å². The Kier molecular flexibility index (Phi) is 5.52. The molecule has 7 heteroatoms. The molecule has 1 fully saturated rings. The van der Waals surface area contributed by atoms with Gasteiger partial charge in [0.25, 0.3) is 5.91 Å². The largest absolute Gasteiger partial charge is 0.353 e. The summed E-state index contributed by atoms with van der Waals surface area (Å²) >= 11 is 0. The molecule has 1 saturated heterocycles. The van der Waals surface area contributed by atoms with E-state index < -0.39 is 5.82 Å². The highest BCUT2D eigenvalue weighted by atomic mass is 19.1. The SMILES string of the molecule is Cn1cccc1C1CCCN1C(=O)Nc1cccc(C(=O)Nc2cccc(F)c2)c1. The Morgan fingerprint density at radius 1 is 1.00 bits per heavy atom.